The fourth-order valence-corrected chi connectivity index (χ4v) is 3.54. The van der Waals surface area contributed by atoms with Gasteiger partial charge in [-0.3, -0.25) is 4.79 Å². The van der Waals surface area contributed by atoms with Crippen LogP contribution in [0.2, 0.25) is 10.0 Å². The molecule has 9 heteroatoms. The third-order valence-corrected chi connectivity index (χ3v) is 5.69. The Morgan fingerprint density at radius 2 is 1.93 bits per heavy atom. The Balaban J connectivity index is 1.59. The summed E-state index contributed by atoms with van der Waals surface area (Å²) < 4.78 is 7.70. The van der Waals surface area contributed by atoms with Crippen LogP contribution in [-0.4, -0.2) is 26.4 Å². The summed E-state index contributed by atoms with van der Waals surface area (Å²) in [7, 11) is 1.84. The van der Waals surface area contributed by atoms with Crippen molar-refractivity contribution in [2.75, 3.05) is 11.1 Å². The van der Waals surface area contributed by atoms with E-state index in [4.69, 9.17) is 27.9 Å². The average molecular weight is 437 g/mol. The highest BCUT2D eigenvalue weighted by Crippen LogP contribution is 2.30. The predicted octanol–water partition coefficient (Wildman–Crippen LogP) is 4.99. The van der Waals surface area contributed by atoms with Gasteiger partial charge in [0.15, 0.2) is 17.1 Å². The molecule has 0 radical (unpaired) electrons. The number of carbonyl (C=O) groups excluding carboxylic acids is 1. The molecule has 0 spiro atoms. The van der Waals surface area contributed by atoms with E-state index in [-0.39, 0.29) is 17.8 Å². The number of nitrogens with one attached hydrogen (secondary N) is 1. The van der Waals surface area contributed by atoms with Gasteiger partial charge in [0.25, 0.3) is 0 Å². The quantitative estimate of drug-likeness (QED) is 0.528. The van der Waals surface area contributed by atoms with Crippen LogP contribution in [0.4, 0.5) is 5.69 Å². The number of thioether (sulfide) groups is 1. The van der Waals surface area contributed by atoms with Gasteiger partial charge in [0, 0.05) is 7.05 Å². The summed E-state index contributed by atoms with van der Waals surface area (Å²) in [6, 6.07) is 14.6. The molecule has 0 aliphatic rings. The van der Waals surface area contributed by atoms with Crippen molar-refractivity contribution in [2.24, 2.45) is 7.05 Å². The molecule has 1 N–H and O–H groups in total. The lowest BCUT2D eigenvalue weighted by Gasteiger charge is -2.14. The third kappa shape index (κ3) is 4.98. The molecule has 0 aliphatic carbocycles. The first-order valence-electron chi connectivity index (χ1n) is 8.43. The molecule has 1 aromatic heterocycles. The number of amides is 1. The van der Waals surface area contributed by atoms with Crippen LogP contribution in [-0.2, 0) is 11.8 Å². The fraction of sp³-hybridized carbons (Fsp3) is 0.211. The number of anilines is 1. The molecule has 6 nitrogen and oxygen atoms in total. The van der Waals surface area contributed by atoms with Gasteiger partial charge in [-0.15, -0.1) is 10.2 Å². The first-order valence-corrected chi connectivity index (χ1v) is 10.2. The number of halogens is 2. The van der Waals surface area contributed by atoms with Crippen molar-refractivity contribution in [3.8, 4) is 5.75 Å². The van der Waals surface area contributed by atoms with Crippen LogP contribution < -0.4 is 10.1 Å². The second kappa shape index (κ2) is 9.32. The molecule has 1 atom stereocenters. The number of benzene rings is 2. The van der Waals surface area contributed by atoms with Crippen LogP contribution in [0.5, 0.6) is 5.75 Å². The van der Waals surface area contributed by atoms with Gasteiger partial charge in [0.1, 0.15) is 5.75 Å². The van der Waals surface area contributed by atoms with Gasteiger partial charge in [0.05, 0.1) is 21.5 Å². The molecule has 0 unspecified atom stereocenters. The standard InChI is InChI=1S/C19H18Cl2N4O2S/c1-12(27-13-7-4-3-5-8-13)18-23-24-19(25(18)2)28-11-16(26)22-15-10-6-9-14(20)17(15)21/h3-10,12H,11H2,1-2H3,(H,22,26)/t12-/m1/s1. The van der Waals surface area contributed by atoms with E-state index in [2.05, 4.69) is 15.5 Å². The van der Waals surface area contributed by atoms with E-state index in [1.54, 1.807) is 18.2 Å². The van der Waals surface area contributed by atoms with Crippen LogP contribution >= 0.6 is 35.0 Å². The largest absolute Gasteiger partial charge is 0.483 e. The lowest BCUT2D eigenvalue weighted by atomic mass is 10.3. The fourth-order valence-electron chi connectivity index (χ4n) is 2.48. The first kappa shape index (κ1) is 20.5. The van der Waals surface area contributed by atoms with Gasteiger partial charge >= 0.3 is 0 Å². The zero-order valence-corrected chi connectivity index (χ0v) is 17.6. The number of rotatable bonds is 7. The Kier molecular flexibility index (Phi) is 6.83. The number of hydrogen-bond acceptors (Lipinski definition) is 5. The van der Waals surface area contributed by atoms with Crippen molar-refractivity contribution in [1.29, 1.82) is 0 Å². The zero-order valence-electron chi connectivity index (χ0n) is 15.2. The topological polar surface area (TPSA) is 69.0 Å². The highest BCUT2D eigenvalue weighted by atomic mass is 35.5. The maximum atomic E-state index is 12.2. The molecule has 1 heterocycles. The Labute approximate surface area is 177 Å². The molecule has 2 aromatic carbocycles. The van der Waals surface area contributed by atoms with E-state index in [0.29, 0.717) is 26.7 Å². The average Bonchev–Trinajstić information content (AvgIpc) is 3.05. The molecule has 0 saturated carbocycles. The molecule has 0 bridgehead atoms. The number of carbonyl (C=O) groups is 1. The van der Waals surface area contributed by atoms with Gasteiger partial charge in [0.2, 0.25) is 5.91 Å². The minimum absolute atomic E-state index is 0.155. The second-order valence-corrected chi connectivity index (χ2v) is 7.64. The summed E-state index contributed by atoms with van der Waals surface area (Å²) in [6.45, 7) is 1.90. The van der Waals surface area contributed by atoms with Gasteiger partial charge < -0.3 is 14.6 Å². The molecular weight excluding hydrogens is 419 g/mol. The van der Waals surface area contributed by atoms with Crippen molar-refractivity contribution in [3.63, 3.8) is 0 Å². The van der Waals surface area contributed by atoms with Gasteiger partial charge in [-0.1, -0.05) is 59.2 Å². The van der Waals surface area contributed by atoms with Crippen molar-refractivity contribution in [1.82, 2.24) is 14.8 Å². The number of para-hydroxylation sites is 1. The van der Waals surface area contributed by atoms with E-state index in [9.17, 15) is 4.79 Å². The van der Waals surface area contributed by atoms with E-state index >= 15 is 0 Å². The monoisotopic (exact) mass is 436 g/mol. The minimum Gasteiger partial charge on any atom is -0.483 e. The van der Waals surface area contributed by atoms with E-state index in [1.807, 2.05) is 48.9 Å². The van der Waals surface area contributed by atoms with Crippen molar-refractivity contribution >= 4 is 46.6 Å². The van der Waals surface area contributed by atoms with Crippen LogP contribution in [0.25, 0.3) is 0 Å². The van der Waals surface area contributed by atoms with Crippen LogP contribution in [0.1, 0.15) is 18.9 Å². The lowest BCUT2D eigenvalue weighted by molar-refractivity contribution is -0.113. The summed E-state index contributed by atoms with van der Waals surface area (Å²) in [5.74, 6) is 1.37. The zero-order chi connectivity index (χ0) is 20.1. The Morgan fingerprint density at radius 3 is 2.68 bits per heavy atom. The van der Waals surface area contributed by atoms with Crippen LogP contribution in [0.15, 0.2) is 53.7 Å². The molecule has 0 fully saturated rings. The molecule has 3 rings (SSSR count). The summed E-state index contributed by atoms with van der Waals surface area (Å²) in [5, 5.41) is 12.4. The summed E-state index contributed by atoms with van der Waals surface area (Å²) >= 11 is 13.3. The Bertz CT molecular complexity index is 966. The Hall–Kier alpha value is -2.22. The van der Waals surface area contributed by atoms with Crippen molar-refractivity contribution in [3.05, 3.63) is 64.4 Å². The smallest absolute Gasteiger partial charge is 0.234 e. The number of ether oxygens (including phenoxy) is 1. The maximum absolute atomic E-state index is 12.2. The Morgan fingerprint density at radius 1 is 1.18 bits per heavy atom. The van der Waals surface area contributed by atoms with Crippen LogP contribution in [0.3, 0.4) is 0 Å². The maximum Gasteiger partial charge on any atom is 0.234 e. The van der Waals surface area contributed by atoms with E-state index in [1.165, 1.54) is 11.8 Å². The summed E-state index contributed by atoms with van der Waals surface area (Å²) in [4.78, 5) is 12.2. The molecular formula is C19H18Cl2N4O2S. The summed E-state index contributed by atoms with van der Waals surface area (Å²) in [5.41, 5.74) is 0.475. The van der Waals surface area contributed by atoms with Crippen molar-refractivity contribution < 1.29 is 9.53 Å². The van der Waals surface area contributed by atoms with Gasteiger partial charge in [-0.05, 0) is 31.2 Å². The molecule has 1 amide bonds. The molecule has 3 aromatic rings. The number of nitrogens with zero attached hydrogens (tertiary/aromatic N) is 3. The summed E-state index contributed by atoms with van der Waals surface area (Å²) in [6.07, 6.45) is -0.284. The SMILES string of the molecule is C[C@@H](Oc1ccccc1)c1nnc(SCC(=O)Nc2cccc(Cl)c2Cl)n1C. The number of hydrogen-bond donors (Lipinski definition) is 1. The highest BCUT2D eigenvalue weighted by molar-refractivity contribution is 7.99. The van der Waals surface area contributed by atoms with E-state index in [0.717, 1.165) is 5.75 Å². The highest BCUT2D eigenvalue weighted by Gasteiger charge is 2.18. The third-order valence-electron chi connectivity index (χ3n) is 3.85. The number of aromatic nitrogens is 3. The normalized spacial score (nSPS) is 11.9. The van der Waals surface area contributed by atoms with Crippen molar-refractivity contribution in [2.45, 2.75) is 18.2 Å². The minimum atomic E-state index is -0.284. The van der Waals surface area contributed by atoms with E-state index < -0.39 is 0 Å². The predicted molar refractivity (Wildman–Crippen MR) is 112 cm³/mol. The first-order chi connectivity index (χ1) is 13.5. The second-order valence-electron chi connectivity index (χ2n) is 5.91. The molecule has 28 heavy (non-hydrogen) atoms. The van der Waals surface area contributed by atoms with Gasteiger partial charge in [-0.2, -0.15) is 0 Å². The van der Waals surface area contributed by atoms with Crippen LogP contribution in [0, 0.1) is 0 Å². The van der Waals surface area contributed by atoms with Gasteiger partial charge in [-0.25, -0.2) is 0 Å². The molecule has 146 valence electrons. The molecule has 0 aliphatic heterocycles. The lowest BCUT2D eigenvalue weighted by Crippen LogP contribution is -2.15. The molecule has 0 saturated heterocycles.